The molecule has 0 bridgehead atoms. The van der Waals surface area contributed by atoms with Gasteiger partial charge in [-0.15, -0.1) is 0 Å². The zero-order valence-electron chi connectivity index (χ0n) is 13.1. The predicted octanol–water partition coefficient (Wildman–Crippen LogP) is 2.65. The number of hydrogen-bond donors (Lipinski definition) is 1. The molecule has 1 saturated carbocycles. The lowest BCUT2D eigenvalue weighted by molar-refractivity contribution is -0.173. The number of rotatable bonds is 4. The summed E-state index contributed by atoms with van der Waals surface area (Å²) < 4.78 is 36.3. The standard InChI is InChI=1S/C16H23F3N2O2/c17-16(18,19)15(23)20-11-13-7-9-21(10-8-13)14(22)6-5-12-3-1-2-4-12/h5-6,12-13H,1-4,7-11H2,(H,20,23)/b6-5+. The third kappa shape index (κ3) is 5.55. The lowest BCUT2D eigenvalue weighted by Crippen LogP contribution is -2.43. The van der Waals surface area contributed by atoms with Gasteiger partial charge >= 0.3 is 12.1 Å². The van der Waals surface area contributed by atoms with Crippen LogP contribution in [-0.4, -0.2) is 42.5 Å². The molecule has 7 heteroatoms. The number of nitrogens with one attached hydrogen (secondary N) is 1. The molecule has 0 aromatic carbocycles. The first-order valence-electron chi connectivity index (χ1n) is 8.18. The van der Waals surface area contributed by atoms with Gasteiger partial charge in [0.1, 0.15) is 0 Å². The largest absolute Gasteiger partial charge is 0.471 e. The predicted molar refractivity (Wildman–Crippen MR) is 79.5 cm³/mol. The van der Waals surface area contributed by atoms with Gasteiger partial charge in [-0.1, -0.05) is 18.9 Å². The molecule has 2 fully saturated rings. The zero-order valence-corrected chi connectivity index (χ0v) is 13.1. The van der Waals surface area contributed by atoms with Crippen molar-refractivity contribution >= 4 is 11.8 Å². The quantitative estimate of drug-likeness (QED) is 0.805. The summed E-state index contributed by atoms with van der Waals surface area (Å²) >= 11 is 0. The fourth-order valence-corrected chi connectivity index (χ4v) is 3.17. The maximum Gasteiger partial charge on any atom is 0.471 e. The maximum atomic E-state index is 12.1. The van der Waals surface area contributed by atoms with Crippen LogP contribution >= 0.6 is 0 Å². The summed E-state index contributed by atoms with van der Waals surface area (Å²) in [5.74, 6) is -1.41. The van der Waals surface area contributed by atoms with E-state index in [4.69, 9.17) is 0 Å². The number of nitrogens with zero attached hydrogens (tertiary/aromatic N) is 1. The topological polar surface area (TPSA) is 49.4 Å². The van der Waals surface area contributed by atoms with Crippen molar-refractivity contribution in [2.45, 2.75) is 44.7 Å². The van der Waals surface area contributed by atoms with E-state index in [1.165, 1.54) is 12.8 Å². The summed E-state index contributed by atoms with van der Waals surface area (Å²) in [7, 11) is 0. The molecule has 23 heavy (non-hydrogen) atoms. The molecule has 0 aromatic rings. The Balaban J connectivity index is 1.69. The van der Waals surface area contributed by atoms with Crippen LogP contribution in [-0.2, 0) is 9.59 Å². The molecule has 2 rings (SSSR count). The van der Waals surface area contributed by atoms with Crippen LogP contribution in [0.2, 0.25) is 0 Å². The van der Waals surface area contributed by atoms with Gasteiger partial charge in [-0.2, -0.15) is 13.2 Å². The van der Waals surface area contributed by atoms with Crippen LogP contribution < -0.4 is 5.32 Å². The van der Waals surface area contributed by atoms with Crippen molar-refractivity contribution < 1.29 is 22.8 Å². The fourth-order valence-electron chi connectivity index (χ4n) is 3.17. The van der Waals surface area contributed by atoms with Gasteiger partial charge in [-0.05, 0) is 43.6 Å². The van der Waals surface area contributed by atoms with Crippen LogP contribution in [0.5, 0.6) is 0 Å². The van der Waals surface area contributed by atoms with E-state index >= 15 is 0 Å². The minimum atomic E-state index is -4.83. The van der Waals surface area contributed by atoms with Crippen molar-refractivity contribution in [3.63, 3.8) is 0 Å². The number of piperidine rings is 1. The molecule has 0 spiro atoms. The van der Waals surface area contributed by atoms with Gasteiger partial charge in [-0.3, -0.25) is 9.59 Å². The molecule has 0 unspecified atom stereocenters. The van der Waals surface area contributed by atoms with Crippen molar-refractivity contribution in [3.8, 4) is 0 Å². The van der Waals surface area contributed by atoms with Crippen molar-refractivity contribution in [1.29, 1.82) is 0 Å². The van der Waals surface area contributed by atoms with Gasteiger partial charge < -0.3 is 10.2 Å². The molecule has 4 nitrogen and oxygen atoms in total. The van der Waals surface area contributed by atoms with Crippen LogP contribution in [0.4, 0.5) is 13.2 Å². The van der Waals surface area contributed by atoms with Crippen LogP contribution in [0.15, 0.2) is 12.2 Å². The zero-order chi connectivity index (χ0) is 16.9. The third-order valence-electron chi connectivity index (χ3n) is 4.65. The molecule has 1 N–H and O–H groups in total. The molecular weight excluding hydrogens is 309 g/mol. The molecule has 2 aliphatic rings. The van der Waals surface area contributed by atoms with Crippen LogP contribution in [0.1, 0.15) is 38.5 Å². The van der Waals surface area contributed by atoms with Gasteiger partial charge in [0.2, 0.25) is 5.91 Å². The molecule has 1 aliphatic heterocycles. The first kappa shape index (κ1) is 17.8. The molecular formula is C16H23F3N2O2. The van der Waals surface area contributed by atoms with Gasteiger partial charge in [0, 0.05) is 19.6 Å². The number of alkyl halides is 3. The SMILES string of the molecule is O=C(/C=C/C1CCCC1)N1CCC(CNC(=O)C(F)(F)F)CC1. The minimum Gasteiger partial charge on any atom is -0.348 e. The molecule has 0 atom stereocenters. The summed E-state index contributed by atoms with van der Waals surface area (Å²) in [6.45, 7) is 1.07. The molecule has 1 saturated heterocycles. The minimum absolute atomic E-state index is 0.0100. The Bertz CT molecular complexity index is 449. The van der Waals surface area contributed by atoms with Crippen LogP contribution in [0.3, 0.4) is 0 Å². The highest BCUT2D eigenvalue weighted by Crippen LogP contribution is 2.26. The summed E-state index contributed by atoms with van der Waals surface area (Å²) in [5.41, 5.74) is 0. The van der Waals surface area contributed by atoms with Crippen molar-refractivity contribution in [3.05, 3.63) is 12.2 Å². The summed E-state index contributed by atoms with van der Waals surface area (Å²) in [5, 5.41) is 1.92. The number of carbonyl (C=O) groups excluding carboxylic acids is 2. The van der Waals surface area contributed by atoms with Gasteiger partial charge in [0.25, 0.3) is 0 Å². The molecule has 1 heterocycles. The maximum absolute atomic E-state index is 12.1. The number of amides is 2. The van der Waals surface area contributed by atoms with Crippen LogP contribution in [0, 0.1) is 11.8 Å². The number of halogens is 3. The molecule has 0 radical (unpaired) electrons. The monoisotopic (exact) mass is 332 g/mol. The van der Waals surface area contributed by atoms with E-state index in [9.17, 15) is 22.8 Å². The number of carbonyl (C=O) groups is 2. The highest BCUT2D eigenvalue weighted by atomic mass is 19.4. The van der Waals surface area contributed by atoms with E-state index in [1.54, 1.807) is 11.0 Å². The lowest BCUT2D eigenvalue weighted by Gasteiger charge is -2.31. The van der Waals surface area contributed by atoms with Crippen LogP contribution in [0.25, 0.3) is 0 Å². The van der Waals surface area contributed by atoms with Gasteiger partial charge in [-0.25, -0.2) is 0 Å². The van der Waals surface area contributed by atoms with Gasteiger partial charge in [0.05, 0.1) is 0 Å². The third-order valence-corrected chi connectivity index (χ3v) is 4.65. The summed E-state index contributed by atoms with van der Waals surface area (Å²) in [4.78, 5) is 24.6. The Morgan fingerprint density at radius 3 is 2.26 bits per heavy atom. The normalized spacial score (nSPS) is 21.1. The van der Waals surface area contributed by atoms with Crippen molar-refractivity contribution in [2.75, 3.05) is 19.6 Å². The summed E-state index contributed by atoms with van der Waals surface area (Å²) in [6.07, 6.45) is 4.75. The van der Waals surface area contributed by atoms with E-state index in [-0.39, 0.29) is 18.4 Å². The Labute approximate surface area is 134 Å². The molecule has 0 aromatic heterocycles. The van der Waals surface area contributed by atoms with E-state index < -0.39 is 12.1 Å². The molecule has 1 aliphatic carbocycles. The van der Waals surface area contributed by atoms with Gasteiger partial charge in [0.15, 0.2) is 0 Å². The highest BCUT2D eigenvalue weighted by molar-refractivity contribution is 5.87. The smallest absolute Gasteiger partial charge is 0.348 e. The first-order chi connectivity index (χ1) is 10.9. The van der Waals surface area contributed by atoms with E-state index in [0.29, 0.717) is 31.8 Å². The first-order valence-corrected chi connectivity index (χ1v) is 8.18. The molecule has 2 amide bonds. The average Bonchev–Trinajstić information content (AvgIpc) is 3.03. The van der Waals surface area contributed by atoms with E-state index in [2.05, 4.69) is 0 Å². The average molecular weight is 332 g/mol. The number of allylic oxidation sites excluding steroid dienone is 1. The Kier molecular flexibility index (Phi) is 6.07. The van der Waals surface area contributed by atoms with Crippen molar-refractivity contribution in [2.24, 2.45) is 11.8 Å². The van der Waals surface area contributed by atoms with Crippen molar-refractivity contribution in [1.82, 2.24) is 10.2 Å². The Morgan fingerprint density at radius 1 is 1.09 bits per heavy atom. The summed E-state index contributed by atoms with van der Waals surface area (Å²) in [6, 6.07) is 0. The number of likely N-dealkylation sites (tertiary alicyclic amines) is 1. The fraction of sp³-hybridized carbons (Fsp3) is 0.750. The molecule has 130 valence electrons. The second kappa shape index (κ2) is 7.84. The van der Waals surface area contributed by atoms with E-state index in [1.807, 2.05) is 11.4 Å². The second-order valence-electron chi connectivity index (χ2n) is 6.38. The lowest BCUT2D eigenvalue weighted by atomic mass is 9.96. The van der Waals surface area contributed by atoms with E-state index in [0.717, 1.165) is 12.8 Å². The highest BCUT2D eigenvalue weighted by Gasteiger charge is 2.38. The Morgan fingerprint density at radius 2 is 1.70 bits per heavy atom. The second-order valence-corrected chi connectivity index (χ2v) is 6.38. The Hall–Kier alpha value is -1.53. The number of hydrogen-bond acceptors (Lipinski definition) is 2.